The molecule has 134 valence electrons. The van der Waals surface area contributed by atoms with E-state index < -0.39 is 0 Å². The third kappa shape index (κ3) is 5.00. The predicted molar refractivity (Wildman–Crippen MR) is 103 cm³/mol. The molecule has 1 heterocycles. The van der Waals surface area contributed by atoms with Gasteiger partial charge < -0.3 is 11.1 Å². The van der Waals surface area contributed by atoms with Gasteiger partial charge >= 0.3 is 0 Å². The van der Waals surface area contributed by atoms with Crippen molar-refractivity contribution in [2.24, 2.45) is 11.1 Å². The Hall–Kier alpha value is -1.98. The Labute approximate surface area is 154 Å². The third-order valence-corrected chi connectivity index (χ3v) is 4.85. The van der Waals surface area contributed by atoms with Crippen LogP contribution >= 0.6 is 12.4 Å². The van der Waals surface area contributed by atoms with E-state index >= 15 is 0 Å². The van der Waals surface area contributed by atoms with Crippen molar-refractivity contribution in [1.82, 2.24) is 9.97 Å². The molecule has 1 aromatic carbocycles. The van der Waals surface area contributed by atoms with Crippen molar-refractivity contribution in [2.45, 2.75) is 38.5 Å². The van der Waals surface area contributed by atoms with Crippen LogP contribution in [0.4, 0.5) is 5.69 Å². The number of anilines is 1. The molecule has 6 heteroatoms. The highest BCUT2D eigenvalue weighted by atomic mass is 35.5. The van der Waals surface area contributed by atoms with Gasteiger partial charge in [0.05, 0.1) is 18.1 Å². The number of halogens is 1. The van der Waals surface area contributed by atoms with Crippen LogP contribution in [0.5, 0.6) is 0 Å². The molecule has 0 radical (unpaired) electrons. The molecular weight excluding hydrogens is 336 g/mol. The van der Waals surface area contributed by atoms with Gasteiger partial charge in [-0.15, -0.1) is 12.4 Å². The minimum Gasteiger partial charge on any atom is -0.330 e. The number of nitrogens with one attached hydrogen (secondary N) is 1. The summed E-state index contributed by atoms with van der Waals surface area (Å²) in [6, 6.07) is 9.77. The van der Waals surface area contributed by atoms with E-state index in [1.54, 1.807) is 12.4 Å². The highest BCUT2D eigenvalue weighted by Crippen LogP contribution is 2.38. The first kappa shape index (κ1) is 19.3. The van der Waals surface area contributed by atoms with Crippen LogP contribution in [-0.2, 0) is 4.79 Å². The number of benzene rings is 1. The standard InChI is InChI=1S/C19H24N4O.ClH/c20-14-19(9-5-2-6-10-19)11-17(24)23-16-12-21-18(22-13-16)15-7-3-1-4-8-15;/h1,3-4,7-8,12-13H,2,5-6,9-11,14,20H2,(H,23,24);1H. The molecule has 3 rings (SSSR count). The molecule has 0 unspecified atom stereocenters. The van der Waals surface area contributed by atoms with E-state index in [0.717, 1.165) is 18.4 Å². The molecule has 0 atom stereocenters. The lowest BCUT2D eigenvalue weighted by Gasteiger charge is -2.35. The van der Waals surface area contributed by atoms with E-state index in [2.05, 4.69) is 15.3 Å². The minimum atomic E-state index is -0.0346. The number of nitrogens with zero attached hydrogens (tertiary/aromatic N) is 2. The maximum Gasteiger partial charge on any atom is 0.225 e. The van der Waals surface area contributed by atoms with Gasteiger partial charge in [0, 0.05) is 12.0 Å². The van der Waals surface area contributed by atoms with Gasteiger partial charge in [0.2, 0.25) is 5.91 Å². The van der Waals surface area contributed by atoms with E-state index in [1.807, 2.05) is 30.3 Å². The van der Waals surface area contributed by atoms with Crippen LogP contribution in [0.3, 0.4) is 0 Å². The number of hydrogen-bond donors (Lipinski definition) is 2. The number of rotatable bonds is 5. The molecule has 25 heavy (non-hydrogen) atoms. The molecule has 0 bridgehead atoms. The fourth-order valence-electron chi connectivity index (χ4n) is 3.43. The SMILES string of the molecule is Cl.NCC1(CC(=O)Nc2cnc(-c3ccccc3)nc2)CCCCC1. The van der Waals surface area contributed by atoms with E-state index in [0.29, 0.717) is 24.5 Å². The summed E-state index contributed by atoms with van der Waals surface area (Å²) < 4.78 is 0. The van der Waals surface area contributed by atoms with Gasteiger partial charge in [0.15, 0.2) is 5.82 Å². The second kappa shape index (κ2) is 8.92. The molecule has 0 saturated heterocycles. The second-order valence-corrected chi connectivity index (χ2v) is 6.65. The molecule has 1 amide bonds. The number of carbonyl (C=O) groups is 1. The van der Waals surface area contributed by atoms with Crippen LogP contribution < -0.4 is 11.1 Å². The van der Waals surface area contributed by atoms with Gasteiger partial charge in [0.1, 0.15) is 0 Å². The van der Waals surface area contributed by atoms with Crippen molar-refractivity contribution < 1.29 is 4.79 Å². The topological polar surface area (TPSA) is 80.9 Å². The summed E-state index contributed by atoms with van der Waals surface area (Å²) in [6.07, 6.45) is 9.45. The summed E-state index contributed by atoms with van der Waals surface area (Å²) in [5.41, 5.74) is 7.51. The smallest absolute Gasteiger partial charge is 0.225 e. The summed E-state index contributed by atoms with van der Waals surface area (Å²) in [6.45, 7) is 0.573. The minimum absolute atomic E-state index is 0. The molecule has 1 aliphatic rings. The largest absolute Gasteiger partial charge is 0.330 e. The Morgan fingerprint density at radius 3 is 2.32 bits per heavy atom. The van der Waals surface area contributed by atoms with Crippen LogP contribution in [0.2, 0.25) is 0 Å². The van der Waals surface area contributed by atoms with Crippen LogP contribution in [0.15, 0.2) is 42.7 Å². The molecule has 0 aliphatic heterocycles. The van der Waals surface area contributed by atoms with Crippen molar-refractivity contribution >= 4 is 24.0 Å². The number of hydrogen-bond acceptors (Lipinski definition) is 4. The van der Waals surface area contributed by atoms with Gasteiger partial charge in [-0.2, -0.15) is 0 Å². The van der Waals surface area contributed by atoms with Crippen molar-refractivity contribution in [3.63, 3.8) is 0 Å². The maximum atomic E-state index is 12.4. The van der Waals surface area contributed by atoms with Crippen LogP contribution in [0, 0.1) is 5.41 Å². The molecule has 5 nitrogen and oxygen atoms in total. The van der Waals surface area contributed by atoms with E-state index in [-0.39, 0.29) is 23.7 Å². The Morgan fingerprint density at radius 2 is 1.72 bits per heavy atom. The van der Waals surface area contributed by atoms with Crippen LogP contribution in [0.1, 0.15) is 38.5 Å². The van der Waals surface area contributed by atoms with Gasteiger partial charge in [-0.3, -0.25) is 4.79 Å². The van der Waals surface area contributed by atoms with Gasteiger partial charge in [-0.05, 0) is 24.8 Å². The second-order valence-electron chi connectivity index (χ2n) is 6.65. The first-order valence-corrected chi connectivity index (χ1v) is 8.58. The van der Waals surface area contributed by atoms with Crippen LogP contribution in [0.25, 0.3) is 11.4 Å². The fraction of sp³-hybridized carbons (Fsp3) is 0.421. The number of aromatic nitrogens is 2. The zero-order chi connectivity index (χ0) is 16.8. The van der Waals surface area contributed by atoms with E-state index in [1.165, 1.54) is 19.3 Å². The van der Waals surface area contributed by atoms with Crippen molar-refractivity contribution in [1.29, 1.82) is 0 Å². The zero-order valence-electron chi connectivity index (χ0n) is 14.3. The fourth-order valence-corrected chi connectivity index (χ4v) is 3.43. The average molecular weight is 361 g/mol. The zero-order valence-corrected chi connectivity index (χ0v) is 15.1. The maximum absolute atomic E-state index is 12.4. The third-order valence-electron chi connectivity index (χ3n) is 4.85. The lowest BCUT2D eigenvalue weighted by Crippen LogP contribution is -2.36. The highest BCUT2D eigenvalue weighted by Gasteiger charge is 2.32. The normalized spacial score (nSPS) is 15.9. The molecule has 2 aromatic rings. The molecule has 1 fully saturated rings. The van der Waals surface area contributed by atoms with Crippen molar-refractivity contribution in [2.75, 3.05) is 11.9 Å². The predicted octanol–water partition coefficient (Wildman–Crippen LogP) is 3.80. The molecule has 3 N–H and O–H groups in total. The van der Waals surface area contributed by atoms with Crippen molar-refractivity contribution in [3.8, 4) is 11.4 Å². The quantitative estimate of drug-likeness (QED) is 0.849. The molecule has 1 saturated carbocycles. The average Bonchev–Trinajstić information content (AvgIpc) is 2.64. The summed E-state index contributed by atoms with van der Waals surface area (Å²) in [7, 11) is 0. The highest BCUT2D eigenvalue weighted by molar-refractivity contribution is 5.91. The summed E-state index contributed by atoms with van der Waals surface area (Å²) in [5, 5.41) is 2.91. The first-order chi connectivity index (χ1) is 11.7. The van der Waals surface area contributed by atoms with Crippen LogP contribution in [-0.4, -0.2) is 22.4 Å². The summed E-state index contributed by atoms with van der Waals surface area (Å²) in [4.78, 5) is 21.0. The molecular formula is C19H25ClN4O. The number of amides is 1. The monoisotopic (exact) mass is 360 g/mol. The molecule has 1 aromatic heterocycles. The molecule has 0 spiro atoms. The Bertz CT molecular complexity index is 670. The van der Waals surface area contributed by atoms with Gasteiger partial charge in [-0.1, -0.05) is 49.6 Å². The lowest BCUT2D eigenvalue weighted by atomic mass is 9.71. The summed E-state index contributed by atoms with van der Waals surface area (Å²) >= 11 is 0. The number of nitrogens with two attached hydrogens (primary N) is 1. The van der Waals surface area contributed by atoms with Gasteiger partial charge in [-0.25, -0.2) is 9.97 Å². The Morgan fingerprint density at radius 1 is 1.08 bits per heavy atom. The van der Waals surface area contributed by atoms with E-state index in [4.69, 9.17) is 5.73 Å². The Kier molecular flexibility index (Phi) is 6.91. The molecule has 1 aliphatic carbocycles. The van der Waals surface area contributed by atoms with Crippen molar-refractivity contribution in [3.05, 3.63) is 42.7 Å². The van der Waals surface area contributed by atoms with E-state index in [9.17, 15) is 4.79 Å². The van der Waals surface area contributed by atoms with Gasteiger partial charge in [0.25, 0.3) is 0 Å². The first-order valence-electron chi connectivity index (χ1n) is 8.58. The lowest BCUT2D eigenvalue weighted by molar-refractivity contribution is -0.118. The Balaban J connectivity index is 0.00000225. The number of carbonyl (C=O) groups excluding carboxylic acids is 1. The summed E-state index contributed by atoms with van der Waals surface area (Å²) in [5.74, 6) is 0.651.